The molecule has 1 aromatic heterocycles. The minimum Gasteiger partial charge on any atom is -0.444 e. The molecule has 2 rings (SSSR count). The Morgan fingerprint density at radius 3 is 2.28 bits per heavy atom. The third-order valence-electron chi connectivity index (χ3n) is 3.33. The Hall–Kier alpha value is -2.21. The summed E-state index contributed by atoms with van der Waals surface area (Å²) in [5, 5.41) is 9.20. The number of hydrogen-bond acceptors (Lipinski definition) is 3. The standard InChI is InChI=1S/C15H16N2O/c1-8-5-10(3)12(6-9(8)2)14-11(4)18-15(17)13(14)7-16/h5-6H,17H2,1-4H3. The van der Waals surface area contributed by atoms with Crippen LogP contribution in [0.5, 0.6) is 0 Å². The minimum absolute atomic E-state index is 0.197. The Morgan fingerprint density at radius 2 is 1.67 bits per heavy atom. The highest BCUT2D eigenvalue weighted by molar-refractivity contribution is 5.79. The summed E-state index contributed by atoms with van der Waals surface area (Å²) in [6, 6.07) is 6.33. The molecule has 0 saturated heterocycles. The van der Waals surface area contributed by atoms with Crippen molar-refractivity contribution in [2.24, 2.45) is 0 Å². The van der Waals surface area contributed by atoms with E-state index in [-0.39, 0.29) is 5.88 Å². The van der Waals surface area contributed by atoms with Gasteiger partial charge in [-0.3, -0.25) is 0 Å². The first-order valence-electron chi connectivity index (χ1n) is 5.83. The molecule has 1 heterocycles. The van der Waals surface area contributed by atoms with Crippen LogP contribution in [-0.2, 0) is 0 Å². The molecule has 3 nitrogen and oxygen atoms in total. The van der Waals surface area contributed by atoms with Crippen LogP contribution in [-0.4, -0.2) is 0 Å². The van der Waals surface area contributed by atoms with E-state index in [0.717, 1.165) is 16.7 Å². The lowest BCUT2D eigenvalue weighted by atomic mass is 9.93. The molecule has 2 N–H and O–H groups in total. The van der Waals surface area contributed by atoms with Crippen molar-refractivity contribution in [2.45, 2.75) is 27.7 Å². The molecule has 0 aliphatic rings. The van der Waals surface area contributed by atoms with Gasteiger partial charge in [0.15, 0.2) is 0 Å². The van der Waals surface area contributed by atoms with E-state index in [9.17, 15) is 5.26 Å². The second kappa shape index (κ2) is 4.23. The summed E-state index contributed by atoms with van der Waals surface area (Å²) in [5.41, 5.74) is 11.5. The SMILES string of the molecule is Cc1cc(C)c(-c2c(C)oc(N)c2C#N)cc1C. The molecule has 0 unspecified atom stereocenters. The van der Waals surface area contributed by atoms with Crippen LogP contribution in [0.3, 0.4) is 0 Å². The molecule has 18 heavy (non-hydrogen) atoms. The minimum atomic E-state index is 0.197. The number of benzene rings is 1. The highest BCUT2D eigenvalue weighted by Gasteiger charge is 2.19. The van der Waals surface area contributed by atoms with E-state index in [1.54, 1.807) is 0 Å². The number of hydrogen-bond donors (Lipinski definition) is 1. The normalized spacial score (nSPS) is 10.4. The van der Waals surface area contributed by atoms with Gasteiger partial charge in [0.05, 0.1) is 0 Å². The summed E-state index contributed by atoms with van der Waals surface area (Å²) in [6.07, 6.45) is 0. The lowest BCUT2D eigenvalue weighted by Crippen LogP contribution is -1.92. The van der Waals surface area contributed by atoms with Gasteiger partial charge in [0, 0.05) is 5.56 Å². The zero-order chi connectivity index (χ0) is 13.4. The fourth-order valence-corrected chi connectivity index (χ4v) is 2.23. The molecule has 0 spiro atoms. The first-order valence-corrected chi connectivity index (χ1v) is 5.83. The topological polar surface area (TPSA) is 62.9 Å². The Labute approximate surface area is 107 Å². The van der Waals surface area contributed by atoms with Crippen molar-refractivity contribution in [3.63, 3.8) is 0 Å². The zero-order valence-corrected chi connectivity index (χ0v) is 11.1. The van der Waals surface area contributed by atoms with Crippen LogP contribution in [0.1, 0.15) is 28.0 Å². The molecule has 1 aromatic carbocycles. The number of rotatable bonds is 1. The van der Waals surface area contributed by atoms with E-state index < -0.39 is 0 Å². The molecule has 0 bridgehead atoms. The summed E-state index contributed by atoms with van der Waals surface area (Å²) in [7, 11) is 0. The van der Waals surface area contributed by atoms with Gasteiger partial charge in [0.2, 0.25) is 5.88 Å². The largest absolute Gasteiger partial charge is 0.444 e. The van der Waals surface area contributed by atoms with E-state index in [0.29, 0.717) is 11.3 Å². The number of nitriles is 1. The Kier molecular flexibility index (Phi) is 2.88. The van der Waals surface area contributed by atoms with Crippen LogP contribution in [0.25, 0.3) is 11.1 Å². The lowest BCUT2D eigenvalue weighted by molar-refractivity contribution is 0.554. The number of nitrogens with zero attached hydrogens (tertiary/aromatic N) is 1. The fraction of sp³-hybridized carbons (Fsp3) is 0.267. The highest BCUT2D eigenvalue weighted by atomic mass is 16.4. The molecular formula is C15H16N2O. The summed E-state index contributed by atoms with van der Waals surface area (Å²) in [6.45, 7) is 8.00. The fourth-order valence-electron chi connectivity index (χ4n) is 2.23. The zero-order valence-electron chi connectivity index (χ0n) is 11.1. The number of aryl methyl sites for hydroxylation is 4. The van der Waals surface area contributed by atoms with Crippen LogP contribution >= 0.6 is 0 Å². The van der Waals surface area contributed by atoms with Gasteiger partial charge in [0.1, 0.15) is 17.4 Å². The number of nitrogens with two attached hydrogens (primary N) is 1. The van der Waals surface area contributed by atoms with E-state index in [1.165, 1.54) is 11.1 Å². The molecule has 2 aromatic rings. The average Bonchev–Trinajstić information content (AvgIpc) is 2.58. The van der Waals surface area contributed by atoms with Gasteiger partial charge in [-0.2, -0.15) is 5.26 Å². The number of furan rings is 1. The number of nitrogen functional groups attached to an aromatic ring is 1. The molecule has 3 heteroatoms. The van der Waals surface area contributed by atoms with Gasteiger partial charge in [-0.15, -0.1) is 0 Å². The molecule has 0 aliphatic carbocycles. The van der Waals surface area contributed by atoms with E-state index in [1.807, 2.05) is 13.8 Å². The summed E-state index contributed by atoms with van der Waals surface area (Å²) >= 11 is 0. The van der Waals surface area contributed by atoms with Crippen molar-refractivity contribution in [2.75, 3.05) is 5.73 Å². The molecule has 0 amide bonds. The smallest absolute Gasteiger partial charge is 0.209 e. The van der Waals surface area contributed by atoms with Gasteiger partial charge in [0.25, 0.3) is 0 Å². The van der Waals surface area contributed by atoms with Crippen LogP contribution in [0, 0.1) is 39.0 Å². The van der Waals surface area contributed by atoms with Crippen LogP contribution in [0.2, 0.25) is 0 Å². The lowest BCUT2D eigenvalue weighted by Gasteiger charge is -2.09. The van der Waals surface area contributed by atoms with Crippen LogP contribution in [0.15, 0.2) is 16.5 Å². The van der Waals surface area contributed by atoms with E-state index >= 15 is 0 Å². The van der Waals surface area contributed by atoms with Crippen molar-refractivity contribution in [1.29, 1.82) is 5.26 Å². The van der Waals surface area contributed by atoms with Crippen molar-refractivity contribution in [1.82, 2.24) is 0 Å². The molecule has 0 aliphatic heterocycles. The highest BCUT2D eigenvalue weighted by Crippen LogP contribution is 2.36. The molecular weight excluding hydrogens is 224 g/mol. The quantitative estimate of drug-likeness (QED) is 0.827. The van der Waals surface area contributed by atoms with Gasteiger partial charge >= 0.3 is 0 Å². The first-order chi connectivity index (χ1) is 8.45. The predicted molar refractivity (Wildman–Crippen MR) is 72.2 cm³/mol. The monoisotopic (exact) mass is 240 g/mol. The number of anilines is 1. The third-order valence-corrected chi connectivity index (χ3v) is 3.33. The van der Waals surface area contributed by atoms with E-state index in [2.05, 4.69) is 32.0 Å². The second-order valence-electron chi connectivity index (χ2n) is 4.64. The summed E-state index contributed by atoms with van der Waals surface area (Å²) < 4.78 is 5.37. The van der Waals surface area contributed by atoms with Gasteiger partial charge in [-0.25, -0.2) is 0 Å². The Bertz CT molecular complexity index is 660. The molecule has 0 fully saturated rings. The van der Waals surface area contributed by atoms with Gasteiger partial charge in [-0.05, 0) is 49.9 Å². The van der Waals surface area contributed by atoms with Crippen LogP contribution in [0.4, 0.5) is 5.88 Å². The van der Waals surface area contributed by atoms with Crippen molar-refractivity contribution >= 4 is 5.88 Å². The Balaban J connectivity index is 2.78. The van der Waals surface area contributed by atoms with Crippen molar-refractivity contribution < 1.29 is 4.42 Å². The maximum atomic E-state index is 9.20. The summed E-state index contributed by atoms with van der Waals surface area (Å²) in [5.74, 6) is 0.887. The maximum absolute atomic E-state index is 9.20. The molecule has 0 atom stereocenters. The molecule has 0 radical (unpaired) electrons. The predicted octanol–water partition coefficient (Wildman–Crippen LogP) is 3.63. The maximum Gasteiger partial charge on any atom is 0.209 e. The first kappa shape index (κ1) is 12.3. The Morgan fingerprint density at radius 1 is 1.06 bits per heavy atom. The third kappa shape index (κ3) is 1.76. The van der Waals surface area contributed by atoms with Gasteiger partial charge in [-0.1, -0.05) is 12.1 Å². The van der Waals surface area contributed by atoms with Crippen molar-refractivity contribution in [3.8, 4) is 17.2 Å². The summed E-state index contributed by atoms with van der Waals surface area (Å²) in [4.78, 5) is 0. The molecule has 92 valence electrons. The van der Waals surface area contributed by atoms with Crippen LogP contribution < -0.4 is 5.73 Å². The average molecular weight is 240 g/mol. The van der Waals surface area contributed by atoms with Crippen molar-refractivity contribution in [3.05, 3.63) is 40.1 Å². The second-order valence-corrected chi connectivity index (χ2v) is 4.64. The van der Waals surface area contributed by atoms with Gasteiger partial charge < -0.3 is 10.2 Å². The van der Waals surface area contributed by atoms with E-state index in [4.69, 9.17) is 10.2 Å². The molecule has 0 saturated carbocycles.